The number of likely N-dealkylation sites (N-methyl/N-ethyl adjacent to an activating group) is 1. The molecular formula is C14H32N2O. The molecule has 3 heteroatoms. The van der Waals surface area contributed by atoms with Gasteiger partial charge in [0.2, 0.25) is 0 Å². The van der Waals surface area contributed by atoms with Gasteiger partial charge in [0, 0.05) is 13.7 Å². The Bertz CT molecular complexity index is 151. The van der Waals surface area contributed by atoms with E-state index in [1.807, 2.05) is 0 Å². The number of methoxy groups -OCH3 is 1. The average Bonchev–Trinajstić information content (AvgIpc) is 2.29. The Balaban J connectivity index is 3.07. The van der Waals surface area contributed by atoms with E-state index in [0.717, 1.165) is 25.6 Å². The normalized spacial score (nSPS) is 11.6. The first-order chi connectivity index (χ1) is 8.16. The summed E-state index contributed by atoms with van der Waals surface area (Å²) in [5.41, 5.74) is 0. The molecule has 0 heterocycles. The van der Waals surface area contributed by atoms with Crippen LogP contribution < -0.4 is 5.32 Å². The second-order valence-corrected chi connectivity index (χ2v) is 5.31. The molecule has 0 saturated carbocycles. The van der Waals surface area contributed by atoms with Crippen molar-refractivity contribution in [2.24, 2.45) is 5.92 Å². The monoisotopic (exact) mass is 244 g/mol. The number of nitrogens with zero attached hydrogens (tertiary/aromatic N) is 1. The lowest BCUT2D eigenvalue weighted by molar-refractivity contribution is 0.160. The zero-order valence-corrected chi connectivity index (χ0v) is 12.3. The Hall–Kier alpha value is -0.120. The van der Waals surface area contributed by atoms with Crippen LogP contribution in [-0.4, -0.2) is 51.8 Å². The van der Waals surface area contributed by atoms with Crippen molar-refractivity contribution in [3.05, 3.63) is 0 Å². The third-order valence-corrected chi connectivity index (χ3v) is 2.87. The number of unbranched alkanes of at least 4 members (excludes halogenated alkanes) is 3. The Labute approximate surface area is 108 Å². The fraction of sp³-hybridized carbons (Fsp3) is 1.00. The lowest BCUT2D eigenvalue weighted by Gasteiger charge is -2.15. The van der Waals surface area contributed by atoms with Gasteiger partial charge in [-0.2, -0.15) is 0 Å². The molecule has 104 valence electrons. The van der Waals surface area contributed by atoms with Crippen molar-refractivity contribution >= 4 is 0 Å². The molecule has 0 unspecified atom stereocenters. The first-order valence-corrected chi connectivity index (χ1v) is 7.05. The third kappa shape index (κ3) is 13.8. The molecule has 0 amide bonds. The van der Waals surface area contributed by atoms with Gasteiger partial charge >= 0.3 is 0 Å². The number of rotatable bonds is 12. The maximum atomic E-state index is 5.05. The minimum Gasteiger partial charge on any atom is -0.383 e. The van der Waals surface area contributed by atoms with Gasteiger partial charge in [-0.3, -0.25) is 0 Å². The summed E-state index contributed by atoms with van der Waals surface area (Å²) in [4.78, 5) is 2.35. The highest BCUT2D eigenvalue weighted by Gasteiger charge is 1.97. The molecule has 0 aromatic heterocycles. The molecule has 0 aromatic carbocycles. The van der Waals surface area contributed by atoms with Gasteiger partial charge in [0.1, 0.15) is 0 Å². The van der Waals surface area contributed by atoms with Gasteiger partial charge < -0.3 is 15.0 Å². The summed E-state index contributed by atoms with van der Waals surface area (Å²) in [7, 11) is 3.93. The van der Waals surface area contributed by atoms with Crippen molar-refractivity contribution in [3.63, 3.8) is 0 Å². The summed E-state index contributed by atoms with van der Waals surface area (Å²) in [5.74, 6) is 0.768. The fourth-order valence-electron chi connectivity index (χ4n) is 1.73. The molecule has 1 N–H and O–H groups in total. The molecule has 0 saturated heterocycles. The highest BCUT2D eigenvalue weighted by Crippen LogP contribution is 2.00. The van der Waals surface area contributed by atoms with Gasteiger partial charge in [-0.1, -0.05) is 26.7 Å². The smallest absolute Gasteiger partial charge is 0.0589 e. The van der Waals surface area contributed by atoms with Crippen LogP contribution in [0.2, 0.25) is 0 Å². The Morgan fingerprint density at radius 1 is 1.06 bits per heavy atom. The molecule has 0 aliphatic carbocycles. The van der Waals surface area contributed by atoms with E-state index in [2.05, 4.69) is 31.1 Å². The van der Waals surface area contributed by atoms with Crippen molar-refractivity contribution in [2.75, 3.05) is 46.9 Å². The van der Waals surface area contributed by atoms with Gasteiger partial charge in [0.25, 0.3) is 0 Å². The number of ether oxygens (including phenoxy) is 1. The quantitative estimate of drug-likeness (QED) is 0.533. The van der Waals surface area contributed by atoms with E-state index in [1.54, 1.807) is 7.11 Å². The topological polar surface area (TPSA) is 24.5 Å². The van der Waals surface area contributed by atoms with Crippen LogP contribution in [0.1, 0.15) is 39.5 Å². The molecule has 17 heavy (non-hydrogen) atoms. The molecule has 0 spiro atoms. The standard InChI is InChI=1S/C14H32N2O/c1-14(2)13-15-9-7-5-6-8-10-16(3)11-12-17-4/h14-15H,5-13H2,1-4H3. The average molecular weight is 244 g/mol. The lowest BCUT2D eigenvalue weighted by Crippen LogP contribution is -2.24. The summed E-state index contributed by atoms with van der Waals surface area (Å²) < 4.78 is 5.05. The van der Waals surface area contributed by atoms with Crippen molar-refractivity contribution in [2.45, 2.75) is 39.5 Å². The second kappa shape index (κ2) is 12.3. The van der Waals surface area contributed by atoms with Crippen molar-refractivity contribution in [1.29, 1.82) is 0 Å². The Morgan fingerprint density at radius 2 is 1.76 bits per heavy atom. The lowest BCUT2D eigenvalue weighted by atomic mass is 10.2. The third-order valence-electron chi connectivity index (χ3n) is 2.87. The van der Waals surface area contributed by atoms with Gasteiger partial charge in [0.05, 0.1) is 6.61 Å². The molecule has 0 aliphatic rings. The summed E-state index contributed by atoms with van der Waals surface area (Å²) in [6.07, 6.45) is 5.32. The molecule has 0 bridgehead atoms. The predicted molar refractivity (Wildman–Crippen MR) is 75.5 cm³/mol. The summed E-state index contributed by atoms with van der Waals surface area (Å²) in [6, 6.07) is 0. The first-order valence-electron chi connectivity index (χ1n) is 7.05. The maximum Gasteiger partial charge on any atom is 0.0589 e. The van der Waals surface area contributed by atoms with E-state index in [9.17, 15) is 0 Å². The second-order valence-electron chi connectivity index (χ2n) is 5.31. The molecule has 0 radical (unpaired) electrons. The molecule has 3 nitrogen and oxygen atoms in total. The molecule has 0 rings (SSSR count). The molecular weight excluding hydrogens is 212 g/mol. The maximum absolute atomic E-state index is 5.05. The zero-order valence-electron chi connectivity index (χ0n) is 12.3. The zero-order chi connectivity index (χ0) is 12.9. The number of hydrogen-bond acceptors (Lipinski definition) is 3. The Kier molecular flexibility index (Phi) is 12.3. The predicted octanol–water partition coefficient (Wildman–Crippen LogP) is 2.37. The van der Waals surface area contributed by atoms with Crippen LogP contribution in [0.3, 0.4) is 0 Å². The summed E-state index contributed by atoms with van der Waals surface area (Å²) >= 11 is 0. The van der Waals surface area contributed by atoms with E-state index in [0.29, 0.717) is 0 Å². The highest BCUT2D eigenvalue weighted by atomic mass is 16.5. The van der Waals surface area contributed by atoms with Crippen LogP contribution in [0.15, 0.2) is 0 Å². The van der Waals surface area contributed by atoms with E-state index in [-0.39, 0.29) is 0 Å². The van der Waals surface area contributed by atoms with Crippen LogP contribution in [0.25, 0.3) is 0 Å². The van der Waals surface area contributed by atoms with Crippen molar-refractivity contribution in [1.82, 2.24) is 10.2 Å². The van der Waals surface area contributed by atoms with Crippen LogP contribution in [0.5, 0.6) is 0 Å². The molecule has 0 aliphatic heterocycles. The van der Waals surface area contributed by atoms with Crippen LogP contribution >= 0.6 is 0 Å². The van der Waals surface area contributed by atoms with E-state index in [4.69, 9.17) is 4.74 Å². The van der Waals surface area contributed by atoms with Crippen LogP contribution in [0.4, 0.5) is 0 Å². The van der Waals surface area contributed by atoms with E-state index < -0.39 is 0 Å². The van der Waals surface area contributed by atoms with Gasteiger partial charge in [-0.15, -0.1) is 0 Å². The SMILES string of the molecule is COCCN(C)CCCCCCNCC(C)C. The van der Waals surface area contributed by atoms with Crippen LogP contribution in [0, 0.1) is 5.92 Å². The molecule has 0 fully saturated rings. The summed E-state index contributed by atoms with van der Waals surface area (Å²) in [6.45, 7) is 9.92. The number of hydrogen-bond donors (Lipinski definition) is 1. The minimum atomic E-state index is 0.768. The largest absolute Gasteiger partial charge is 0.383 e. The fourth-order valence-corrected chi connectivity index (χ4v) is 1.73. The molecule has 0 atom stereocenters. The number of nitrogens with one attached hydrogen (secondary N) is 1. The van der Waals surface area contributed by atoms with Crippen LogP contribution in [-0.2, 0) is 4.74 Å². The highest BCUT2D eigenvalue weighted by molar-refractivity contribution is 4.54. The van der Waals surface area contributed by atoms with E-state index >= 15 is 0 Å². The summed E-state index contributed by atoms with van der Waals surface area (Å²) in [5, 5.41) is 3.49. The first kappa shape index (κ1) is 16.9. The van der Waals surface area contributed by atoms with E-state index in [1.165, 1.54) is 38.8 Å². The minimum absolute atomic E-state index is 0.768. The Morgan fingerprint density at radius 3 is 2.41 bits per heavy atom. The van der Waals surface area contributed by atoms with Crippen molar-refractivity contribution in [3.8, 4) is 0 Å². The molecule has 0 aromatic rings. The van der Waals surface area contributed by atoms with Crippen molar-refractivity contribution < 1.29 is 4.74 Å². The van der Waals surface area contributed by atoms with Gasteiger partial charge in [0.15, 0.2) is 0 Å². The van der Waals surface area contributed by atoms with Gasteiger partial charge in [-0.25, -0.2) is 0 Å². The van der Waals surface area contributed by atoms with Gasteiger partial charge in [-0.05, 0) is 45.4 Å².